The molecule has 0 spiro atoms. The Labute approximate surface area is 136 Å². The molecule has 0 radical (unpaired) electrons. The van der Waals surface area contributed by atoms with Crippen molar-refractivity contribution in [2.45, 2.75) is 33.4 Å². The zero-order chi connectivity index (χ0) is 16.8. The second-order valence-corrected chi connectivity index (χ2v) is 5.57. The molecule has 0 bridgehead atoms. The first-order chi connectivity index (χ1) is 11.0. The quantitative estimate of drug-likeness (QED) is 0.863. The molecule has 1 amide bonds. The van der Waals surface area contributed by atoms with Crippen molar-refractivity contribution >= 4 is 11.9 Å². The molecule has 4 nitrogen and oxygen atoms in total. The Balaban J connectivity index is 1.91. The van der Waals surface area contributed by atoms with Gasteiger partial charge in [0, 0.05) is 6.54 Å². The Morgan fingerprint density at radius 1 is 1.09 bits per heavy atom. The molecular weight excluding hydrogens is 290 g/mol. The summed E-state index contributed by atoms with van der Waals surface area (Å²) in [5.41, 5.74) is 3.40. The number of rotatable bonds is 5. The maximum atomic E-state index is 12.2. The van der Waals surface area contributed by atoms with Crippen LogP contribution in [0.15, 0.2) is 48.5 Å². The van der Waals surface area contributed by atoms with Crippen LogP contribution in [0.5, 0.6) is 0 Å². The number of ether oxygens (including phenoxy) is 1. The van der Waals surface area contributed by atoms with E-state index in [1.165, 1.54) is 0 Å². The Hall–Kier alpha value is -2.62. The number of aryl methyl sites for hydroxylation is 2. The van der Waals surface area contributed by atoms with Gasteiger partial charge in [-0.3, -0.25) is 4.79 Å². The molecule has 0 aliphatic rings. The van der Waals surface area contributed by atoms with Gasteiger partial charge in [-0.05, 0) is 38.0 Å². The van der Waals surface area contributed by atoms with Crippen LogP contribution in [0.4, 0.5) is 0 Å². The molecule has 0 aliphatic carbocycles. The summed E-state index contributed by atoms with van der Waals surface area (Å²) in [6.45, 7) is 5.79. The number of carbonyl (C=O) groups excluding carboxylic acids is 2. The normalized spacial score (nSPS) is 11.6. The number of carbonyl (C=O) groups is 2. The van der Waals surface area contributed by atoms with Crippen LogP contribution in [-0.4, -0.2) is 18.0 Å². The molecule has 0 saturated heterocycles. The molecule has 4 heteroatoms. The van der Waals surface area contributed by atoms with E-state index in [0.29, 0.717) is 12.1 Å². The first kappa shape index (κ1) is 16.7. The fourth-order valence-corrected chi connectivity index (χ4v) is 2.25. The number of amides is 1. The van der Waals surface area contributed by atoms with Gasteiger partial charge in [-0.2, -0.15) is 0 Å². The molecule has 0 saturated carbocycles. The monoisotopic (exact) mass is 311 g/mol. The van der Waals surface area contributed by atoms with Gasteiger partial charge >= 0.3 is 5.97 Å². The number of hydrogen-bond acceptors (Lipinski definition) is 3. The molecule has 0 aliphatic heterocycles. The molecule has 0 unspecified atom stereocenters. The summed E-state index contributed by atoms with van der Waals surface area (Å²) in [5.74, 6) is -0.795. The fraction of sp³-hybridized carbons (Fsp3) is 0.263. The third kappa shape index (κ3) is 4.68. The van der Waals surface area contributed by atoms with E-state index in [9.17, 15) is 9.59 Å². The first-order valence-electron chi connectivity index (χ1n) is 7.57. The Bertz CT molecular complexity index is 695. The lowest BCUT2D eigenvalue weighted by Crippen LogP contribution is -2.35. The molecular formula is C19H21NO3. The van der Waals surface area contributed by atoms with E-state index >= 15 is 0 Å². The third-order valence-electron chi connectivity index (χ3n) is 3.56. The molecule has 1 atom stereocenters. The van der Waals surface area contributed by atoms with Crippen LogP contribution in [0.2, 0.25) is 0 Å². The van der Waals surface area contributed by atoms with Gasteiger partial charge in [0.15, 0.2) is 6.10 Å². The van der Waals surface area contributed by atoms with Crippen LogP contribution in [0.25, 0.3) is 0 Å². The molecule has 1 N–H and O–H groups in total. The summed E-state index contributed by atoms with van der Waals surface area (Å²) in [6, 6.07) is 15.1. The average Bonchev–Trinajstić information content (AvgIpc) is 2.53. The smallest absolute Gasteiger partial charge is 0.339 e. The lowest BCUT2D eigenvalue weighted by atomic mass is 10.1. The Morgan fingerprint density at radius 3 is 2.43 bits per heavy atom. The van der Waals surface area contributed by atoms with E-state index in [2.05, 4.69) is 5.32 Å². The van der Waals surface area contributed by atoms with Crippen LogP contribution < -0.4 is 5.32 Å². The van der Waals surface area contributed by atoms with Crippen molar-refractivity contribution in [3.63, 3.8) is 0 Å². The fourth-order valence-electron chi connectivity index (χ4n) is 2.25. The highest BCUT2D eigenvalue weighted by molar-refractivity contribution is 5.93. The Morgan fingerprint density at radius 2 is 1.78 bits per heavy atom. The maximum absolute atomic E-state index is 12.2. The van der Waals surface area contributed by atoms with E-state index in [1.807, 2.05) is 56.3 Å². The van der Waals surface area contributed by atoms with Gasteiger partial charge in [-0.25, -0.2) is 4.79 Å². The lowest BCUT2D eigenvalue weighted by molar-refractivity contribution is -0.129. The van der Waals surface area contributed by atoms with Gasteiger partial charge in [0.1, 0.15) is 0 Å². The SMILES string of the molecule is Cc1ccc(C(=O)O[C@H](C)C(=O)NCc2ccccc2)c(C)c1. The second-order valence-electron chi connectivity index (χ2n) is 5.57. The van der Waals surface area contributed by atoms with Gasteiger partial charge in [-0.1, -0.05) is 48.0 Å². The number of nitrogens with one attached hydrogen (secondary N) is 1. The van der Waals surface area contributed by atoms with Gasteiger partial charge < -0.3 is 10.1 Å². The standard InChI is InChI=1S/C19H21NO3/c1-13-9-10-17(14(2)11-13)19(22)23-15(3)18(21)20-12-16-7-5-4-6-8-16/h4-11,15H,12H2,1-3H3,(H,20,21)/t15-/m1/s1. The summed E-state index contributed by atoms with van der Waals surface area (Å²) in [4.78, 5) is 24.2. The van der Waals surface area contributed by atoms with E-state index in [-0.39, 0.29) is 5.91 Å². The molecule has 2 aromatic rings. The van der Waals surface area contributed by atoms with Crippen molar-refractivity contribution in [1.29, 1.82) is 0 Å². The van der Waals surface area contributed by atoms with Crippen molar-refractivity contribution in [1.82, 2.24) is 5.32 Å². The highest BCUT2D eigenvalue weighted by atomic mass is 16.5. The van der Waals surface area contributed by atoms with E-state index in [1.54, 1.807) is 13.0 Å². The minimum Gasteiger partial charge on any atom is -0.449 e. The number of benzene rings is 2. The molecule has 120 valence electrons. The summed E-state index contributed by atoms with van der Waals surface area (Å²) < 4.78 is 5.26. The van der Waals surface area contributed by atoms with Crippen molar-refractivity contribution < 1.29 is 14.3 Å². The van der Waals surface area contributed by atoms with E-state index in [0.717, 1.165) is 16.7 Å². The Kier molecular flexibility index (Phi) is 5.52. The molecule has 0 heterocycles. The molecule has 0 fully saturated rings. The highest BCUT2D eigenvalue weighted by Crippen LogP contribution is 2.13. The topological polar surface area (TPSA) is 55.4 Å². The largest absolute Gasteiger partial charge is 0.449 e. The lowest BCUT2D eigenvalue weighted by Gasteiger charge is -2.14. The predicted molar refractivity (Wildman–Crippen MR) is 89.1 cm³/mol. The molecule has 0 aromatic heterocycles. The van der Waals surface area contributed by atoms with Crippen LogP contribution in [-0.2, 0) is 16.1 Å². The van der Waals surface area contributed by atoms with Crippen LogP contribution in [0.1, 0.15) is 34.0 Å². The van der Waals surface area contributed by atoms with Gasteiger partial charge in [0.2, 0.25) is 0 Å². The zero-order valence-corrected chi connectivity index (χ0v) is 13.6. The van der Waals surface area contributed by atoms with Crippen molar-refractivity contribution in [3.05, 3.63) is 70.8 Å². The van der Waals surface area contributed by atoms with Crippen LogP contribution in [0, 0.1) is 13.8 Å². The maximum Gasteiger partial charge on any atom is 0.339 e. The zero-order valence-electron chi connectivity index (χ0n) is 13.6. The molecule has 2 rings (SSSR count). The van der Waals surface area contributed by atoms with Gasteiger partial charge in [-0.15, -0.1) is 0 Å². The third-order valence-corrected chi connectivity index (χ3v) is 3.56. The van der Waals surface area contributed by atoms with Crippen LogP contribution in [0.3, 0.4) is 0 Å². The summed E-state index contributed by atoms with van der Waals surface area (Å²) in [6.07, 6.45) is -0.841. The first-order valence-corrected chi connectivity index (χ1v) is 7.57. The highest BCUT2D eigenvalue weighted by Gasteiger charge is 2.19. The van der Waals surface area contributed by atoms with E-state index < -0.39 is 12.1 Å². The minimum atomic E-state index is -0.841. The van der Waals surface area contributed by atoms with Crippen molar-refractivity contribution in [3.8, 4) is 0 Å². The van der Waals surface area contributed by atoms with E-state index in [4.69, 9.17) is 4.74 Å². The van der Waals surface area contributed by atoms with Gasteiger partial charge in [0.25, 0.3) is 5.91 Å². The van der Waals surface area contributed by atoms with Crippen LogP contribution >= 0.6 is 0 Å². The average molecular weight is 311 g/mol. The van der Waals surface area contributed by atoms with Crippen molar-refractivity contribution in [2.24, 2.45) is 0 Å². The summed E-state index contributed by atoms with van der Waals surface area (Å²) >= 11 is 0. The second kappa shape index (κ2) is 7.58. The number of hydrogen-bond donors (Lipinski definition) is 1. The molecule has 23 heavy (non-hydrogen) atoms. The predicted octanol–water partition coefficient (Wildman–Crippen LogP) is 3.17. The number of esters is 1. The summed E-state index contributed by atoms with van der Waals surface area (Å²) in [5, 5.41) is 2.76. The van der Waals surface area contributed by atoms with Gasteiger partial charge in [0.05, 0.1) is 5.56 Å². The summed E-state index contributed by atoms with van der Waals surface area (Å²) in [7, 11) is 0. The minimum absolute atomic E-state index is 0.313. The van der Waals surface area contributed by atoms with Crippen molar-refractivity contribution in [2.75, 3.05) is 0 Å². The molecule has 2 aromatic carbocycles.